The minimum absolute atomic E-state index is 0.103. The third-order valence-corrected chi connectivity index (χ3v) is 5.38. The summed E-state index contributed by atoms with van der Waals surface area (Å²) < 4.78 is 33.3. The van der Waals surface area contributed by atoms with E-state index in [-0.39, 0.29) is 16.4 Å². The minimum atomic E-state index is -3.60. The van der Waals surface area contributed by atoms with Gasteiger partial charge in [-0.3, -0.25) is 0 Å². The van der Waals surface area contributed by atoms with E-state index in [9.17, 15) is 18.3 Å². The van der Waals surface area contributed by atoms with Crippen molar-refractivity contribution in [3.8, 4) is 22.8 Å². The molecule has 0 aliphatic rings. The number of ether oxygens (including phenoxy) is 2. The molecule has 0 spiro atoms. The van der Waals surface area contributed by atoms with E-state index in [4.69, 9.17) is 9.47 Å². The molecule has 0 radical (unpaired) electrons. The van der Waals surface area contributed by atoms with Gasteiger partial charge in [-0.1, -0.05) is 24.3 Å². The van der Waals surface area contributed by atoms with Gasteiger partial charge in [0.25, 0.3) is 0 Å². The summed E-state index contributed by atoms with van der Waals surface area (Å²) >= 11 is 0. The lowest BCUT2D eigenvalue weighted by molar-refractivity contribution is 0.0696. The van der Waals surface area contributed by atoms with Crippen LogP contribution in [0.1, 0.15) is 21.5 Å². The molecule has 0 aliphatic carbocycles. The molecular formula is C23H27N3O6S. The number of rotatable bonds is 7. The van der Waals surface area contributed by atoms with Crippen molar-refractivity contribution in [3.63, 3.8) is 0 Å². The van der Waals surface area contributed by atoms with Crippen LogP contribution in [0.3, 0.4) is 0 Å². The first-order valence-corrected chi connectivity index (χ1v) is 11.7. The number of carbonyl (C=O) groups is 1. The van der Waals surface area contributed by atoms with Crippen LogP contribution >= 0.6 is 0 Å². The van der Waals surface area contributed by atoms with Gasteiger partial charge in [-0.25, -0.2) is 23.2 Å². The summed E-state index contributed by atoms with van der Waals surface area (Å²) in [5.41, 5.74) is 2.49. The molecule has 0 bridgehead atoms. The maximum Gasteiger partial charge on any atom is 0.339 e. The summed E-state index contributed by atoms with van der Waals surface area (Å²) in [7, 11) is 1.61. The molecule has 0 unspecified atom stereocenters. The summed E-state index contributed by atoms with van der Waals surface area (Å²) in [5.74, 6) is 0.442. The van der Waals surface area contributed by atoms with E-state index in [1.54, 1.807) is 45.4 Å². The second kappa shape index (κ2) is 11.4. The van der Waals surface area contributed by atoms with Crippen molar-refractivity contribution in [1.29, 1.82) is 0 Å². The van der Waals surface area contributed by atoms with E-state index in [2.05, 4.69) is 15.3 Å². The van der Waals surface area contributed by atoms with Crippen LogP contribution in [-0.2, 0) is 16.4 Å². The molecule has 3 aromatic rings. The number of hydrogen-bond donors (Lipinski definition) is 2. The van der Waals surface area contributed by atoms with Gasteiger partial charge in [0.05, 0.1) is 19.9 Å². The Morgan fingerprint density at radius 1 is 1.09 bits per heavy atom. The number of aromatic carboxylic acids is 1. The van der Waals surface area contributed by atoms with Gasteiger partial charge in [0.1, 0.15) is 17.1 Å². The molecule has 176 valence electrons. The minimum Gasteiger partial charge on any atom is -0.497 e. The van der Waals surface area contributed by atoms with Gasteiger partial charge in [-0.2, -0.15) is 0 Å². The molecular weight excluding hydrogens is 446 g/mol. The van der Waals surface area contributed by atoms with E-state index in [1.165, 1.54) is 0 Å². The number of aryl methyl sites for hydroxylation is 1. The summed E-state index contributed by atoms with van der Waals surface area (Å²) in [4.78, 5) is 18.8. The monoisotopic (exact) mass is 473 g/mol. The zero-order chi connectivity index (χ0) is 24.6. The number of sulfone groups is 1. The summed E-state index contributed by atoms with van der Waals surface area (Å²) in [6.45, 7) is 2.61. The molecule has 0 saturated heterocycles. The topological polar surface area (TPSA) is 128 Å². The largest absolute Gasteiger partial charge is 0.497 e. The Bertz CT molecular complexity index is 1210. The van der Waals surface area contributed by atoms with E-state index in [1.807, 2.05) is 25.2 Å². The fourth-order valence-corrected chi connectivity index (χ4v) is 3.42. The fraction of sp³-hybridized carbons (Fsp3) is 0.261. The Morgan fingerprint density at radius 3 is 2.18 bits per heavy atom. The number of hydrogen-bond acceptors (Lipinski definition) is 8. The molecule has 2 N–H and O–H groups in total. The Kier molecular flexibility index (Phi) is 8.89. The number of carboxylic acid groups (broad SMARTS) is 1. The standard InChI is InChI=1S/C13H12N2O4S.C10H15NO2/c1-8-5-3-4-6-9(8)11-10(12(16)17)7-14-13(15-11)20(2,18)19;1-11-7-8-4-9(12-2)6-10(5-8)13-3/h3-7H,1-2H3,(H,16,17);4-6,11H,7H2,1-3H3. The van der Waals surface area contributed by atoms with E-state index in [0.717, 1.165) is 41.6 Å². The SMILES string of the molecule is CNCc1cc(OC)cc(OC)c1.Cc1ccccc1-c1nc(S(C)(=O)=O)ncc1C(=O)O. The summed E-state index contributed by atoms with van der Waals surface area (Å²) in [6.07, 6.45) is 2.00. The van der Waals surface area contributed by atoms with Gasteiger partial charge in [0, 0.05) is 30.6 Å². The van der Waals surface area contributed by atoms with Crippen LogP contribution in [0.5, 0.6) is 11.5 Å². The quantitative estimate of drug-likeness (QED) is 0.498. The Hall–Kier alpha value is -3.50. The Balaban J connectivity index is 0.000000257. The lowest BCUT2D eigenvalue weighted by Gasteiger charge is -2.09. The predicted octanol–water partition coefficient (Wildman–Crippen LogP) is 2.98. The molecule has 10 heteroatoms. The molecule has 33 heavy (non-hydrogen) atoms. The first kappa shape index (κ1) is 25.8. The Morgan fingerprint density at radius 2 is 1.70 bits per heavy atom. The molecule has 0 fully saturated rings. The van der Waals surface area contributed by atoms with Crippen molar-refractivity contribution in [3.05, 3.63) is 65.4 Å². The van der Waals surface area contributed by atoms with Gasteiger partial charge in [0.2, 0.25) is 15.0 Å². The highest BCUT2D eigenvalue weighted by Gasteiger charge is 2.20. The van der Waals surface area contributed by atoms with Crippen LogP contribution in [0.15, 0.2) is 53.8 Å². The molecule has 3 rings (SSSR count). The number of benzene rings is 2. The van der Waals surface area contributed by atoms with E-state index >= 15 is 0 Å². The van der Waals surface area contributed by atoms with Crippen LogP contribution in [0, 0.1) is 6.92 Å². The average Bonchev–Trinajstić information content (AvgIpc) is 2.78. The number of carboxylic acids is 1. The number of methoxy groups -OCH3 is 2. The van der Waals surface area contributed by atoms with E-state index in [0.29, 0.717) is 5.56 Å². The lowest BCUT2D eigenvalue weighted by Crippen LogP contribution is -2.10. The molecule has 0 aliphatic heterocycles. The smallest absolute Gasteiger partial charge is 0.339 e. The van der Waals surface area contributed by atoms with Gasteiger partial charge in [0.15, 0.2) is 0 Å². The lowest BCUT2D eigenvalue weighted by atomic mass is 10.0. The second-order valence-electron chi connectivity index (χ2n) is 7.06. The van der Waals surface area contributed by atoms with Crippen LogP contribution in [0.2, 0.25) is 0 Å². The first-order chi connectivity index (χ1) is 15.6. The van der Waals surface area contributed by atoms with Gasteiger partial charge in [-0.05, 0) is 37.2 Å². The maximum absolute atomic E-state index is 11.5. The zero-order valence-electron chi connectivity index (χ0n) is 19.1. The van der Waals surface area contributed by atoms with Gasteiger partial charge in [-0.15, -0.1) is 0 Å². The predicted molar refractivity (Wildman–Crippen MR) is 125 cm³/mol. The zero-order valence-corrected chi connectivity index (χ0v) is 19.9. The Labute approximate surface area is 193 Å². The molecule has 0 atom stereocenters. The highest BCUT2D eigenvalue weighted by Crippen LogP contribution is 2.25. The van der Waals surface area contributed by atoms with Gasteiger partial charge < -0.3 is 19.9 Å². The molecule has 0 saturated carbocycles. The highest BCUT2D eigenvalue weighted by atomic mass is 32.2. The molecule has 1 aromatic heterocycles. The highest BCUT2D eigenvalue weighted by molar-refractivity contribution is 7.90. The normalized spacial score (nSPS) is 10.7. The van der Waals surface area contributed by atoms with Crippen LogP contribution in [-0.4, -0.2) is 57.0 Å². The van der Waals surface area contributed by atoms with Crippen LogP contribution in [0.4, 0.5) is 0 Å². The molecule has 9 nitrogen and oxygen atoms in total. The van der Waals surface area contributed by atoms with Crippen LogP contribution in [0.25, 0.3) is 11.3 Å². The number of nitrogens with one attached hydrogen (secondary N) is 1. The van der Waals surface area contributed by atoms with Crippen LogP contribution < -0.4 is 14.8 Å². The van der Waals surface area contributed by atoms with Crippen molar-refractivity contribution in [1.82, 2.24) is 15.3 Å². The molecule has 0 amide bonds. The van der Waals surface area contributed by atoms with Crippen molar-refractivity contribution in [2.45, 2.75) is 18.6 Å². The summed E-state index contributed by atoms with van der Waals surface area (Å²) in [6, 6.07) is 12.9. The number of aromatic nitrogens is 2. The number of nitrogens with zero attached hydrogens (tertiary/aromatic N) is 2. The first-order valence-electron chi connectivity index (χ1n) is 9.83. The van der Waals surface area contributed by atoms with Crippen molar-refractivity contribution < 1.29 is 27.8 Å². The third kappa shape index (κ3) is 6.99. The van der Waals surface area contributed by atoms with Crippen molar-refractivity contribution in [2.24, 2.45) is 0 Å². The maximum atomic E-state index is 11.5. The van der Waals surface area contributed by atoms with Crippen molar-refractivity contribution in [2.75, 3.05) is 27.5 Å². The molecule has 1 heterocycles. The molecule has 2 aromatic carbocycles. The van der Waals surface area contributed by atoms with Crippen molar-refractivity contribution >= 4 is 15.8 Å². The fourth-order valence-electron chi connectivity index (χ4n) is 2.92. The van der Waals surface area contributed by atoms with E-state index < -0.39 is 15.8 Å². The summed E-state index contributed by atoms with van der Waals surface area (Å²) in [5, 5.41) is 11.9. The van der Waals surface area contributed by atoms with Gasteiger partial charge >= 0.3 is 5.97 Å². The third-order valence-electron chi connectivity index (χ3n) is 4.52. The second-order valence-corrected chi connectivity index (χ2v) is 8.97. The average molecular weight is 474 g/mol.